The van der Waals surface area contributed by atoms with Crippen molar-refractivity contribution in [2.75, 3.05) is 38.2 Å². The molecule has 0 aromatic heterocycles. The van der Waals surface area contributed by atoms with E-state index in [2.05, 4.69) is 15.9 Å². The summed E-state index contributed by atoms with van der Waals surface area (Å²) in [7, 11) is 1.70. The number of aliphatic hydroxyl groups is 1. The van der Waals surface area contributed by atoms with Gasteiger partial charge in [0.15, 0.2) is 6.23 Å². The molecule has 2 aromatic carbocycles. The topological polar surface area (TPSA) is 45.2 Å². The van der Waals surface area contributed by atoms with Gasteiger partial charge in [-0.3, -0.25) is 4.90 Å². The Morgan fingerprint density at radius 1 is 1.00 bits per heavy atom. The van der Waals surface area contributed by atoms with Gasteiger partial charge in [-0.1, -0.05) is 24.3 Å². The van der Waals surface area contributed by atoms with Crippen LogP contribution in [-0.4, -0.2) is 55.6 Å². The number of aliphatic hydroxyl groups excluding tert-OH is 1. The van der Waals surface area contributed by atoms with Gasteiger partial charge in [0.05, 0.1) is 12.8 Å². The Balaban J connectivity index is 1.66. The standard InChI is InChI=1S/C21H28N2O3/c1-16-7-6-8-18(15-16)26-21(17(2)24)23-13-11-22(12-14-23)19-9-4-5-10-20(19)25-3/h4-10,15,17,21,24H,11-14H2,1-3H3. The second-order valence-electron chi connectivity index (χ2n) is 6.76. The minimum absolute atomic E-state index is 0.350. The van der Waals surface area contributed by atoms with E-state index in [1.165, 1.54) is 0 Å². The molecule has 0 aliphatic carbocycles. The Kier molecular flexibility index (Phi) is 6.01. The van der Waals surface area contributed by atoms with Gasteiger partial charge in [-0.05, 0) is 43.7 Å². The summed E-state index contributed by atoms with van der Waals surface area (Å²) in [5, 5.41) is 10.3. The molecule has 1 heterocycles. The molecule has 1 aliphatic rings. The highest BCUT2D eigenvalue weighted by Crippen LogP contribution is 2.29. The maximum atomic E-state index is 10.3. The van der Waals surface area contributed by atoms with E-state index in [1.54, 1.807) is 14.0 Å². The third-order valence-electron chi connectivity index (χ3n) is 4.76. The molecular weight excluding hydrogens is 328 g/mol. The zero-order valence-corrected chi connectivity index (χ0v) is 15.8. The molecule has 1 fully saturated rings. The molecule has 2 atom stereocenters. The smallest absolute Gasteiger partial charge is 0.178 e. The SMILES string of the molecule is COc1ccccc1N1CCN(C(Oc2cccc(C)c2)C(C)O)CC1. The highest BCUT2D eigenvalue weighted by Gasteiger charge is 2.29. The lowest BCUT2D eigenvalue weighted by Gasteiger charge is -2.41. The second kappa shape index (κ2) is 8.43. The normalized spacial score (nSPS) is 17.6. The molecule has 2 aromatic rings. The molecule has 5 heteroatoms. The van der Waals surface area contributed by atoms with Crippen LogP contribution in [0, 0.1) is 6.92 Å². The minimum atomic E-state index is -0.576. The maximum Gasteiger partial charge on any atom is 0.178 e. The molecule has 26 heavy (non-hydrogen) atoms. The summed E-state index contributed by atoms with van der Waals surface area (Å²) in [5.74, 6) is 1.69. The van der Waals surface area contributed by atoms with Crippen LogP contribution in [0.5, 0.6) is 11.5 Å². The number of para-hydroxylation sites is 2. The number of aryl methyl sites for hydroxylation is 1. The number of rotatable bonds is 6. The van der Waals surface area contributed by atoms with Crippen molar-refractivity contribution < 1.29 is 14.6 Å². The Labute approximate surface area is 155 Å². The van der Waals surface area contributed by atoms with Crippen LogP contribution in [0.15, 0.2) is 48.5 Å². The van der Waals surface area contributed by atoms with Gasteiger partial charge in [-0.25, -0.2) is 0 Å². The van der Waals surface area contributed by atoms with Crippen molar-refractivity contribution in [1.29, 1.82) is 0 Å². The van der Waals surface area contributed by atoms with E-state index in [1.807, 2.05) is 49.4 Å². The van der Waals surface area contributed by atoms with E-state index in [0.29, 0.717) is 0 Å². The summed E-state index contributed by atoms with van der Waals surface area (Å²) in [6.45, 7) is 7.18. The van der Waals surface area contributed by atoms with E-state index in [-0.39, 0.29) is 6.23 Å². The molecule has 1 aliphatic heterocycles. The van der Waals surface area contributed by atoms with Crippen LogP contribution >= 0.6 is 0 Å². The first-order valence-corrected chi connectivity index (χ1v) is 9.12. The largest absolute Gasteiger partial charge is 0.495 e. The number of hydrogen-bond acceptors (Lipinski definition) is 5. The van der Waals surface area contributed by atoms with Crippen LogP contribution < -0.4 is 14.4 Å². The first-order valence-electron chi connectivity index (χ1n) is 9.12. The van der Waals surface area contributed by atoms with Crippen LogP contribution in [0.4, 0.5) is 5.69 Å². The van der Waals surface area contributed by atoms with Gasteiger partial charge in [0, 0.05) is 26.2 Å². The zero-order valence-electron chi connectivity index (χ0n) is 15.8. The predicted molar refractivity (Wildman–Crippen MR) is 104 cm³/mol. The van der Waals surface area contributed by atoms with Gasteiger partial charge >= 0.3 is 0 Å². The van der Waals surface area contributed by atoms with Crippen LogP contribution in [0.2, 0.25) is 0 Å². The lowest BCUT2D eigenvalue weighted by Crippen LogP contribution is -2.55. The third-order valence-corrected chi connectivity index (χ3v) is 4.76. The van der Waals surface area contributed by atoms with Gasteiger partial charge in [0.2, 0.25) is 0 Å². The number of nitrogens with zero attached hydrogens (tertiary/aromatic N) is 2. The van der Waals surface area contributed by atoms with Crippen molar-refractivity contribution in [2.24, 2.45) is 0 Å². The number of benzene rings is 2. The summed E-state index contributed by atoms with van der Waals surface area (Å²) < 4.78 is 11.6. The quantitative estimate of drug-likeness (QED) is 0.862. The van der Waals surface area contributed by atoms with Crippen LogP contribution in [0.25, 0.3) is 0 Å². The van der Waals surface area contributed by atoms with Crippen molar-refractivity contribution in [1.82, 2.24) is 4.90 Å². The summed E-state index contributed by atoms with van der Waals surface area (Å²) >= 11 is 0. The molecule has 1 N–H and O–H groups in total. The van der Waals surface area contributed by atoms with Gasteiger partial charge in [-0.15, -0.1) is 0 Å². The number of anilines is 1. The minimum Gasteiger partial charge on any atom is -0.495 e. The van der Waals surface area contributed by atoms with E-state index >= 15 is 0 Å². The molecule has 0 saturated carbocycles. The first kappa shape index (κ1) is 18.5. The highest BCUT2D eigenvalue weighted by atomic mass is 16.5. The lowest BCUT2D eigenvalue weighted by molar-refractivity contribution is -0.0602. The molecule has 0 amide bonds. The fourth-order valence-corrected chi connectivity index (χ4v) is 3.41. The van der Waals surface area contributed by atoms with Crippen molar-refractivity contribution in [2.45, 2.75) is 26.2 Å². The van der Waals surface area contributed by atoms with Crippen molar-refractivity contribution in [3.63, 3.8) is 0 Å². The fraction of sp³-hybridized carbons (Fsp3) is 0.429. The molecule has 0 bridgehead atoms. The molecule has 5 nitrogen and oxygen atoms in total. The molecular formula is C21H28N2O3. The number of piperazine rings is 1. The zero-order chi connectivity index (χ0) is 18.5. The molecule has 1 saturated heterocycles. The van der Waals surface area contributed by atoms with Gasteiger partial charge in [-0.2, -0.15) is 0 Å². The average molecular weight is 356 g/mol. The molecule has 140 valence electrons. The third kappa shape index (κ3) is 4.29. The van der Waals surface area contributed by atoms with Gasteiger partial charge < -0.3 is 19.5 Å². The Morgan fingerprint density at radius 3 is 2.38 bits per heavy atom. The summed E-state index contributed by atoms with van der Waals surface area (Å²) in [4.78, 5) is 4.53. The highest BCUT2D eigenvalue weighted by molar-refractivity contribution is 5.58. The number of hydrogen-bond donors (Lipinski definition) is 1. The molecule has 0 spiro atoms. The lowest BCUT2D eigenvalue weighted by atomic mass is 10.2. The van der Waals surface area contributed by atoms with E-state index in [4.69, 9.17) is 9.47 Å². The van der Waals surface area contributed by atoms with E-state index < -0.39 is 6.10 Å². The van der Waals surface area contributed by atoms with Crippen molar-refractivity contribution in [3.05, 3.63) is 54.1 Å². The maximum absolute atomic E-state index is 10.3. The summed E-state index contributed by atoms with van der Waals surface area (Å²) in [5.41, 5.74) is 2.26. The molecule has 0 radical (unpaired) electrons. The summed E-state index contributed by atoms with van der Waals surface area (Å²) in [6, 6.07) is 16.0. The van der Waals surface area contributed by atoms with Crippen molar-refractivity contribution >= 4 is 5.69 Å². The van der Waals surface area contributed by atoms with E-state index in [9.17, 15) is 5.11 Å². The number of ether oxygens (including phenoxy) is 2. The Morgan fingerprint density at radius 2 is 1.73 bits per heavy atom. The Hall–Kier alpha value is -2.24. The van der Waals surface area contributed by atoms with Crippen LogP contribution in [-0.2, 0) is 0 Å². The summed E-state index contributed by atoms with van der Waals surface area (Å²) in [6.07, 6.45) is -0.926. The molecule has 2 unspecified atom stereocenters. The van der Waals surface area contributed by atoms with Gasteiger partial charge in [0.1, 0.15) is 17.6 Å². The first-order chi connectivity index (χ1) is 12.6. The second-order valence-corrected chi connectivity index (χ2v) is 6.76. The van der Waals surface area contributed by atoms with Crippen molar-refractivity contribution in [3.8, 4) is 11.5 Å². The monoisotopic (exact) mass is 356 g/mol. The molecule has 3 rings (SSSR count). The van der Waals surface area contributed by atoms with Crippen LogP contribution in [0.3, 0.4) is 0 Å². The number of methoxy groups -OCH3 is 1. The predicted octanol–water partition coefficient (Wildman–Crippen LogP) is 2.91. The fourth-order valence-electron chi connectivity index (χ4n) is 3.41. The Bertz CT molecular complexity index is 712. The van der Waals surface area contributed by atoms with Gasteiger partial charge in [0.25, 0.3) is 0 Å². The average Bonchev–Trinajstić information content (AvgIpc) is 2.66. The van der Waals surface area contributed by atoms with Crippen LogP contribution in [0.1, 0.15) is 12.5 Å². The van der Waals surface area contributed by atoms with E-state index in [0.717, 1.165) is 48.9 Å².